The normalized spacial score (nSPS) is 15.8. The predicted molar refractivity (Wildman–Crippen MR) is 81.0 cm³/mol. The number of aryl methyl sites for hydroxylation is 2. The van der Waals surface area contributed by atoms with Crippen molar-refractivity contribution in [2.75, 3.05) is 0 Å². The van der Waals surface area contributed by atoms with Gasteiger partial charge in [0.25, 0.3) is 0 Å². The number of fused-ring (bicyclic) bond motifs is 1. The first kappa shape index (κ1) is 13.6. The number of hydrogen-bond acceptors (Lipinski definition) is 4. The van der Waals surface area contributed by atoms with E-state index in [0.29, 0.717) is 6.61 Å². The second kappa shape index (κ2) is 5.95. The van der Waals surface area contributed by atoms with Crippen molar-refractivity contribution in [3.05, 3.63) is 58.9 Å². The maximum atomic E-state index is 9.11. The summed E-state index contributed by atoms with van der Waals surface area (Å²) in [6.45, 7) is 2.46. The summed E-state index contributed by atoms with van der Waals surface area (Å²) in [5.74, 6) is 0.779. The molecule has 1 aliphatic rings. The molecule has 0 fully saturated rings. The molecular weight excluding hydrogens is 264 g/mol. The molecule has 0 spiro atoms. The molecule has 0 unspecified atom stereocenters. The number of rotatable bonds is 3. The maximum Gasteiger partial charge on any atom is 0.130 e. The third kappa shape index (κ3) is 2.89. The average molecular weight is 282 g/mol. The van der Waals surface area contributed by atoms with Crippen molar-refractivity contribution in [3.8, 4) is 5.75 Å². The van der Waals surface area contributed by atoms with Crippen molar-refractivity contribution in [2.45, 2.75) is 32.8 Å². The largest absolute Gasteiger partial charge is 0.487 e. The van der Waals surface area contributed by atoms with Crippen LogP contribution in [0.15, 0.2) is 41.7 Å². The SMILES string of the molecule is Cc1cccnc1COc1ccc2c(c1)/C(=N\O)CCC2. The minimum absolute atomic E-state index is 0.442. The van der Waals surface area contributed by atoms with E-state index < -0.39 is 0 Å². The summed E-state index contributed by atoms with van der Waals surface area (Å²) in [5, 5.41) is 12.5. The van der Waals surface area contributed by atoms with Gasteiger partial charge in [-0.25, -0.2) is 0 Å². The molecular formula is C17H18N2O2. The zero-order valence-electron chi connectivity index (χ0n) is 12.0. The van der Waals surface area contributed by atoms with Crippen LogP contribution >= 0.6 is 0 Å². The van der Waals surface area contributed by atoms with Crippen molar-refractivity contribution >= 4 is 5.71 Å². The topological polar surface area (TPSA) is 54.7 Å². The highest BCUT2D eigenvalue weighted by Gasteiger charge is 2.16. The van der Waals surface area contributed by atoms with Gasteiger partial charge in [0, 0.05) is 11.8 Å². The highest BCUT2D eigenvalue weighted by molar-refractivity contribution is 6.02. The Kier molecular flexibility index (Phi) is 3.86. The third-order valence-electron chi connectivity index (χ3n) is 3.87. The lowest BCUT2D eigenvalue weighted by Crippen LogP contribution is -2.12. The fourth-order valence-corrected chi connectivity index (χ4v) is 2.64. The van der Waals surface area contributed by atoms with Crippen molar-refractivity contribution in [1.82, 2.24) is 4.98 Å². The molecule has 4 heteroatoms. The monoisotopic (exact) mass is 282 g/mol. The van der Waals surface area contributed by atoms with E-state index in [1.54, 1.807) is 6.20 Å². The Morgan fingerprint density at radius 3 is 3.00 bits per heavy atom. The van der Waals surface area contributed by atoms with Gasteiger partial charge in [0.1, 0.15) is 12.4 Å². The average Bonchev–Trinajstić information content (AvgIpc) is 2.53. The number of oxime groups is 1. The van der Waals surface area contributed by atoms with Crippen LogP contribution in [0.25, 0.3) is 0 Å². The van der Waals surface area contributed by atoms with Gasteiger partial charge < -0.3 is 9.94 Å². The molecule has 1 heterocycles. The van der Waals surface area contributed by atoms with Gasteiger partial charge in [0.2, 0.25) is 0 Å². The first-order chi connectivity index (χ1) is 10.3. The number of aromatic nitrogens is 1. The van der Waals surface area contributed by atoms with Crippen LogP contribution < -0.4 is 4.74 Å². The Bertz CT molecular complexity index is 680. The van der Waals surface area contributed by atoms with Crippen LogP contribution in [0.2, 0.25) is 0 Å². The summed E-state index contributed by atoms with van der Waals surface area (Å²) in [7, 11) is 0. The van der Waals surface area contributed by atoms with Crippen molar-refractivity contribution in [1.29, 1.82) is 0 Å². The Labute approximate surface area is 124 Å². The Morgan fingerprint density at radius 1 is 1.29 bits per heavy atom. The Hall–Kier alpha value is -2.36. The molecule has 0 saturated heterocycles. The van der Waals surface area contributed by atoms with E-state index in [9.17, 15) is 0 Å². The minimum Gasteiger partial charge on any atom is -0.487 e. The molecule has 0 radical (unpaired) electrons. The first-order valence-electron chi connectivity index (χ1n) is 7.15. The van der Waals surface area contributed by atoms with Crippen molar-refractivity contribution < 1.29 is 9.94 Å². The fraction of sp³-hybridized carbons (Fsp3) is 0.294. The quantitative estimate of drug-likeness (QED) is 0.692. The summed E-state index contributed by atoms with van der Waals surface area (Å²) in [6, 6.07) is 9.93. The lowest BCUT2D eigenvalue weighted by Gasteiger charge is -2.18. The Morgan fingerprint density at radius 2 is 2.19 bits per heavy atom. The minimum atomic E-state index is 0.442. The molecule has 1 N–H and O–H groups in total. The molecule has 0 aliphatic heterocycles. The van der Waals surface area contributed by atoms with E-state index in [1.165, 1.54) is 5.56 Å². The van der Waals surface area contributed by atoms with Gasteiger partial charge in [-0.2, -0.15) is 0 Å². The molecule has 4 nitrogen and oxygen atoms in total. The van der Waals surface area contributed by atoms with Crippen LogP contribution in [-0.2, 0) is 13.0 Å². The molecule has 2 aromatic rings. The van der Waals surface area contributed by atoms with Gasteiger partial charge >= 0.3 is 0 Å². The van der Waals surface area contributed by atoms with Crippen LogP contribution in [0.5, 0.6) is 5.75 Å². The highest BCUT2D eigenvalue weighted by atomic mass is 16.5. The van der Waals surface area contributed by atoms with Crippen LogP contribution in [0.1, 0.15) is 35.2 Å². The lowest BCUT2D eigenvalue weighted by atomic mass is 9.90. The summed E-state index contributed by atoms with van der Waals surface area (Å²) in [4.78, 5) is 4.32. The van der Waals surface area contributed by atoms with Crippen molar-refractivity contribution in [2.24, 2.45) is 5.16 Å². The molecule has 1 aromatic heterocycles. The van der Waals surface area contributed by atoms with E-state index >= 15 is 0 Å². The predicted octanol–water partition coefficient (Wildman–Crippen LogP) is 3.48. The fourth-order valence-electron chi connectivity index (χ4n) is 2.64. The number of nitrogens with zero attached hydrogens (tertiary/aromatic N) is 2. The highest BCUT2D eigenvalue weighted by Crippen LogP contribution is 2.26. The zero-order valence-corrected chi connectivity index (χ0v) is 12.0. The Balaban J connectivity index is 1.80. The molecule has 21 heavy (non-hydrogen) atoms. The molecule has 0 amide bonds. The van der Waals surface area contributed by atoms with Gasteiger partial charge in [0.15, 0.2) is 0 Å². The summed E-state index contributed by atoms with van der Waals surface area (Å²) >= 11 is 0. The summed E-state index contributed by atoms with van der Waals surface area (Å²) in [6.07, 6.45) is 4.63. The maximum absolute atomic E-state index is 9.11. The number of benzene rings is 1. The molecule has 108 valence electrons. The molecule has 0 bridgehead atoms. The summed E-state index contributed by atoms with van der Waals surface area (Å²) < 4.78 is 5.83. The van der Waals surface area contributed by atoms with Crippen LogP contribution in [0.4, 0.5) is 0 Å². The molecule has 1 aromatic carbocycles. The van der Waals surface area contributed by atoms with E-state index in [4.69, 9.17) is 9.94 Å². The van der Waals surface area contributed by atoms with Gasteiger partial charge in [-0.05, 0) is 55.5 Å². The van der Waals surface area contributed by atoms with Crippen molar-refractivity contribution in [3.63, 3.8) is 0 Å². The molecule has 0 atom stereocenters. The third-order valence-corrected chi connectivity index (χ3v) is 3.87. The van der Waals surface area contributed by atoms with E-state index in [1.807, 2.05) is 31.2 Å². The van der Waals surface area contributed by atoms with Gasteiger partial charge in [-0.15, -0.1) is 0 Å². The van der Waals surface area contributed by atoms with Gasteiger partial charge in [-0.3, -0.25) is 4.98 Å². The number of pyridine rings is 1. The van der Waals surface area contributed by atoms with Crippen LogP contribution in [0, 0.1) is 6.92 Å². The smallest absolute Gasteiger partial charge is 0.130 e. The zero-order chi connectivity index (χ0) is 14.7. The number of hydrogen-bond donors (Lipinski definition) is 1. The molecule has 0 saturated carbocycles. The van der Waals surface area contributed by atoms with Gasteiger partial charge in [-0.1, -0.05) is 17.3 Å². The van der Waals surface area contributed by atoms with E-state index in [2.05, 4.69) is 16.2 Å². The number of ether oxygens (including phenoxy) is 1. The van der Waals surface area contributed by atoms with Crippen LogP contribution in [-0.4, -0.2) is 15.9 Å². The summed E-state index contributed by atoms with van der Waals surface area (Å²) in [5.41, 5.74) is 5.02. The van der Waals surface area contributed by atoms with E-state index in [0.717, 1.165) is 47.5 Å². The molecule has 1 aliphatic carbocycles. The standard InChI is InChI=1S/C17H18N2O2/c1-12-4-3-9-18-17(12)11-21-14-8-7-13-5-2-6-16(19-20)15(13)10-14/h3-4,7-10,20H,2,5-6,11H2,1H3/b19-16-. The van der Waals surface area contributed by atoms with Gasteiger partial charge in [0.05, 0.1) is 11.4 Å². The second-order valence-electron chi connectivity index (χ2n) is 5.27. The first-order valence-corrected chi connectivity index (χ1v) is 7.15. The van der Waals surface area contributed by atoms with E-state index in [-0.39, 0.29) is 0 Å². The lowest BCUT2D eigenvalue weighted by molar-refractivity contribution is 0.300. The second-order valence-corrected chi connectivity index (χ2v) is 5.27. The molecule has 3 rings (SSSR count). The van der Waals surface area contributed by atoms with Crippen LogP contribution in [0.3, 0.4) is 0 Å².